The number of aryl methyl sites for hydroxylation is 1. The average molecular weight is 285 g/mol. The van der Waals surface area contributed by atoms with Gasteiger partial charge in [-0.05, 0) is 19.1 Å². The summed E-state index contributed by atoms with van der Waals surface area (Å²) in [6.45, 7) is 1.85. The minimum atomic E-state index is -4.46. The first-order valence-corrected chi connectivity index (χ1v) is 5.88. The van der Waals surface area contributed by atoms with Crippen LogP contribution in [0.2, 0.25) is 0 Å². The molecule has 1 aromatic carbocycles. The molecule has 1 aromatic heterocycles. The van der Waals surface area contributed by atoms with Gasteiger partial charge in [0.1, 0.15) is 5.75 Å². The number of ether oxygens (including phenoxy) is 1. The van der Waals surface area contributed by atoms with Gasteiger partial charge in [-0.1, -0.05) is 6.07 Å². The van der Waals surface area contributed by atoms with Gasteiger partial charge in [0, 0.05) is 23.9 Å². The highest BCUT2D eigenvalue weighted by Gasteiger charge is 2.34. The van der Waals surface area contributed by atoms with Crippen LogP contribution in [0.1, 0.15) is 17.0 Å². The largest absolute Gasteiger partial charge is 0.496 e. The number of hydrogen-bond donors (Lipinski definition) is 1. The van der Waals surface area contributed by atoms with Crippen molar-refractivity contribution in [3.05, 3.63) is 41.2 Å². The number of methoxy groups -OCH3 is 1. The molecular formula is C13H14F3N3O. The lowest BCUT2D eigenvalue weighted by molar-refractivity contribution is -0.141. The van der Waals surface area contributed by atoms with Gasteiger partial charge in [-0.25, -0.2) is 4.68 Å². The molecule has 0 atom stereocenters. The maximum absolute atomic E-state index is 12.6. The van der Waals surface area contributed by atoms with Crippen molar-refractivity contribution in [3.8, 4) is 11.4 Å². The number of nitrogens with two attached hydrogens (primary N) is 1. The Balaban J connectivity index is 2.49. The molecule has 0 aliphatic carbocycles. The van der Waals surface area contributed by atoms with Crippen LogP contribution in [0.25, 0.3) is 5.69 Å². The first-order chi connectivity index (χ1) is 9.36. The Morgan fingerprint density at radius 3 is 2.50 bits per heavy atom. The van der Waals surface area contributed by atoms with Crippen molar-refractivity contribution in [1.29, 1.82) is 0 Å². The van der Waals surface area contributed by atoms with Crippen LogP contribution in [0, 0.1) is 6.92 Å². The second-order valence-corrected chi connectivity index (χ2v) is 4.28. The van der Waals surface area contributed by atoms with Gasteiger partial charge < -0.3 is 10.5 Å². The molecule has 0 bridgehead atoms. The zero-order valence-corrected chi connectivity index (χ0v) is 11.0. The first-order valence-electron chi connectivity index (χ1n) is 5.88. The predicted molar refractivity (Wildman–Crippen MR) is 67.7 cm³/mol. The van der Waals surface area contributed by atoms with Gasteiger partial charge in [-0.2, -0.15) is 18.3 Å². The Kier molecular flexibility index (Phi) is 3.71. The third-order valence-electron chi connectivity index (χ3n) is 2.91. The molecule has 1 heterocycles. The van der Waals surface area contributed by atoms with Gasteiger partial charge in [-0.15, -0.1) is 0 Å². The number of hydrogen-bond acceptors (Lipinski definition) is 3. The lowest BCUT2D eigenvalue weighted by Crippen LogP contribution is -2.08. The van der Waals surface area contributed by atoms with Crippen molar-refractivity contribution in [1.82, 2.24) is 9.78 Å². The van der Waals surface area contributed by atoms with E-state index in [4.69, 9.17) is 10.5 Å². The molecule has 2 aromatic rings. The Morgan fingerprint density at radius 2 is 2.00 bits per heavy atom. The number of rotatable bonds is 3. The maximum atomic E-state index is 12.6. The molecule has 0 aliphatic rings. The number of aromatic nitrogens is 2. The van der Waals surface area contributed by atoms with Gasteiger partial charge in [0.2, 0.25) is 0 Å². The summed E-state index contributed by atoms with van der Waals surface area (Å²) in [5.74, 6) is 0.522. The highest BCUT2D eigenvalue weighted by Crippen LogP contribution is 2.30. The van der Waals surface area contributed by atoms with Crippen LogP contribution in [-0.2, 0) is 12.7 Å². The average Bonchev–Trinajstić information content (AvgIpc) is 2.80. The second kappa shape index (κ2) is 5.16. The summed E-state index contributed by atoms with van der Waals surface area (Å²) in [5.41, 5.74) is 6.29. The van der Waals surface area contributed by atoms with E-state index in [1.807, 2.05) is 0 Å². The highest BCUT2D eigenvalue weighted by atomic mass is 19.4. The van der Waals surface area contributed by atoms with Gasteiger partial charge in [0.15, 0.2) is 5.69 Å². The lowest BCUT2D eigenvalue weighted by Gasteiger charge is -2.10. The van der Waals surface area contributed by atoms with E-state index in [1.54, 1.807) is 25.1 Å². The molecule has 0 radical (unpaired) electrons. The van der Waals surface area contributed by atoms with E-state index in [0.29, 0.717) is 17.1 Å². The maximum Gasteiger partial charge on any atom is 0.435 e. The van der Waals surface area contributed by atoms with Gasteiger partial charge in [0.05, 0.1) is 12.8 Å². The second-order valence-electron chi connectivity index (χ2n) is 4.28. The van der Waals surface area contributed by atoms with E-state index in [2.05, 4.69) is 5.10 Å². The molecule has 0 unspecified atom stereocenters. The van der Waals surface area contributed by atoms with Crippen molar-refractivity contribution in [2.75, 3.05) is 7.11 Å². The summed E-state index contributed by atoms with van der Waals surface area (Å²) >= 11 is 0. The third kappa shape index (κ3) is 2.62. The molecule has 0 amide bonds. The summed E-state index contributed by atoms with van der Waals surface area (Å²) in [4.78, 5) is 0. The van der Waals surface area contributed by atoms with Crippen LogP contribution in [0.5, 0.6) is 5.75 Å². The van der Waals surface area contributed by atoms with E-state index < -0.39 is 11.9 Å². The third-order valence-corrected chi connectivity index (χ3v) is 2.91. The molecule has 0 saturated carbocycles. The molecule has 0 saturated heterocycles. The van der Waals surface area contributed by atoms with E-state index in [-0.39, 0.29) is 6.54 Å². The van der Waals surface area contributed by atoms with Crippen LogP contribution in [-0.4, -0.2) is 16.9 Å². The van der Waals surface area contributed by atoms with Gasteiger partial charge >= 0.3 is 6.18 Å². The van der Waals surface area contributed by atoms with Crippen molar-refractivity contribution < 1.29 is 17.9 Å². The summed E-state index contributed by atoms with van der Waals surface area (Å²) in [5, 5.41) is 3.59. The predicted octanol–water partition coefficient (Wildman–Crippen LogP) is 2.67. The van der Waals surface area contributed by atoms with Crippen molar-refractivity contribution >= 4 is 0 Å². The summed E-state index contributed by atoms with van der Waals surface area (Å²) < 4.78 is 44.3. The molecular weight excluding hydrogens is 271 g/mol. The molecule has 0 spiro atoms. The minimum Gasteiger partial charge on any atom is -0.496 e. The Labute approximate surface area is 114 Å². The van der Waals surface area contributed by atoms with E-state index in [1.165, 1.54) is 11.8 Å². The first kappa shape index (κ1) is 14.4. The van der Waals surface area contributed by atoms with Gasteiger partial charge in [-0.3, -0.25) is 0 Å². The fourth-order valence-corrected chi connectivity index (χ4v) is 1.91. The van der Waals surface area contributed by atoms with Crippen molar-refractivity contribution in [3.63, 3.8) is 0 Å². The van der Waals surface area contributed by atoms with Crippen molar-refractivity contribution in [2.45, 2.75) is 19.6 Å². The molecule has 2 N–H and O–H groups in total. The molecule has 2 rings (SSSR count). The summed E-state index contributed by atoms with van der Waals surface area (Å²) in [7, 11) is 1.48. The number of halogens is 3. The fraction of sp³-hybridized carbons (Fsp3) is 0.308. The lowest BCUT2D eigenvalue weighted by atomic mass is 10.2. The number of alkyl halides is 3. The van der Waals surface area contributed by atoms with Gasteiger partial charge in [0.25, 0.3) is 0 Å². The zero-order chi connectivity index (χ0) is 14.9. The smallest absolute Gasteiger partial charge is 0.435 e. The Bertz CT molecular complexity index is 620. The molecule has 20 heavy (non-hydrogen) atoms. The van der Waals surface area contributed by atoms with E-state index in [9.17, 15) is 13.2 Å². The standard InChI is InChI=1S/C13H14F3N3O/c1-8-5-12(13(14,15)16)18-19(8)10-4-3-9(7-17)11(6-10)20-2/h3-6H,7,17H2,1-2H3. The summed E-state index contributed by atoms with van der Waals surface area (Å²) in [6, 6.07) is 5.99. The van der Waals surface area contributed by atoms with Crippen LogP contribution in [0.3, 0.4) is 0 Å². The molecule has 108 valence electrons. The normalized spacial score (nSPS) is 11.7. The number of nitrogens with zero attached hydrogens (tertiary/aromatic N) is 2. The van der Waals surface area contributed by atoms with Crippen LogP contribution < -0.4 is 10.5 Å². The summed E-state index contributed by atoms with van der Waals surface area (Å²) in [6.07, 6.45) is -4.46. The quantitative estimate of drug-likeness (QED) is 0.943. The van der Waals surface area contributed by atoms with Crippen LogP contribution in [0.15, 0.2) is 24.3 Å². The SMILES string of the molecule is COc1cc(-n2nc(C(F)(F)F)cc2C)ccc1CN. The fourth-order valence-electron chi connectivity index (χ4n) is 1.91. The van der Waals surface area contributed by atoms with Crippen LogP contribution in [0.4, 0.5) is 13.2 Å². The van der Waals surface area contributed by atoms with E-state index in [0.717, 1.165) is 11.6 Å². The monoisotopic (exact) mass is 285 g/mol. The van der Waals surface area contributed by atoms with E-state index >= 15 is 0 Å². The molecule has 0 fully saturated rings. The topological polar surface area (TPSA) is 53.1 Å². The zero-order valence-electron chi connectivity index (χ0n) is 11.0. The van der Waals surface area contributed by atoms with Crippen molar-refractivity contribution in [2.24, 2.45) is 5.73 Å². The molecule has 0 aliphatic heterocycles. The van der Waals surface area contributed by atoms with Crippen LogP contribution >= 0.6 is 0 Å². The molecule has 4 nitrogen and oxygen atoms in total. The molecule has 7 heteroatoms. The Morgan fingerprint density at radius 1 is 1.30 bits per heavy atom. The number of benzene rings is 1. The highest BCUT2D eigenvalue weighted by molar-refractivity contribution is 5.45. The Hall–Kier alpha value is -2.02. The minimum absolute atomic E-state index is 0.287.